The summed E-state index contributed by atoms with van der Waals surface area (Å²) in [6, 6.07) is 13.6. The van der Waals surface area contributed by atoms with Gasteiger partial charge in [0.25, 0.3) is 0 Å². The molecule has 0 saturated carbocycles. The Bertz CT molecular complexity index is 850. The summed E-state index contributed by atoms with van der Waals surface area (Å²) in [5.74, 6) is -2.47. The Morgan fingerprint density at radius 2 is 1.79 bits per heavy atom. The van der Waals surface area contributed by atoms with Crippen molar-refractivity contribution in [2.24, 2.45) is 0 Å². The summed E-state index contributed by atoms with van der Waals surface area (Å²) < 4.78 is 10.4. The first-order chi connectivity index (χ1) is 13.9. The minimum Gasteiger partial charge on any atom is -0.549 e. The number of ether oxygens (including phenoxy) is 2. The fourth-order valence-electron chi connectivity index (χ4n) is 2.78. The number of amides is 1. The molecule has 2 aromatic rings. The van der Waals surface area contributed by atoms with Crippen molar-refractivity contribution < 1.29 is 29.0 Å². The molecule has 7 nitrogen and oxygen atoms in total. The number of hydrogen-bond acceptors (Lipinski definition) is 6. The van der Waals surface area contributed by atoms with Gasteiger partial charge < -0.3 is 19.4 Å². The number of nitrogens with one attached hydrogen (secondary N) is 1. The Morgan fingerprint density at radius 1 is 1.07 bits per heavy atom. The summed E-state index contributed by atoms with van der Waals surface area (Å²) >= 11 is 0. The van der Waals surface area contributed by atoms with E-state index in [9.17, 15) is 19.5 Å². The normalized spacial score (nSPS) is 11.4. The highest BCUT2D eigenvalue weighted by Gasteiger charge is 2.19. The molecule has 0 aliphatic carbocycles. The zero-order valence-electron chi connectivity index (χ0n) is 16.5. The Morgan fingerprint density at radius 3 is 2.41 bits per heavy atom. The van der Waals surface area contributed by atoms with E-state index in [0.29, 0.717) is 6.42 Å². The Kier molecular flexibility index (Phi) is 8.21. The van der Waals surface area contributed by atoms with Gasteiger partial charge in [-0.15, -0.1) is 0 Å². The van der Waals surface area contributed by atoms with Gasteiger partial charge in [0, 0.05) is 24.0 Å². The molecule has 0 aromatic heterocycles. The molecule has 0 saturated heterocycles. The van der Waals surface area contributed by atoms with Crippen molar-refractivity contribution in [3.8, 4) is 5.75 Å². The van der Waals surface area contributed by atoms with Crippen LogP contribution in [0.1, 0.15) is 50.2 Å². The van der Waals surface area contributed by atoms with E-state index < -0.39 is 23.9 Å². The number of aliphatic carboxylic acids is 1. The van der Waals surface area contributed by atoms with Crippen LogP contribution in [0.3, 0.4) is 0 Å². The van der Waals surface area contributed by atoms with E-state index in [1.807, 2.05) is 37.3 Å². The predicted octanol–water partition coefficient (Wildman–Crippen LogP) is 3.38. The topological polar surface area (TPSA) is 105 Å². The first-order valence-corrected chi connectivity index (χ1v) is 9.47. The third-order valence-corrected chi connectivity index (χ3v) is 4.23. The monoisotopic (exact) mass is 398 g/mol. The molecule has 0 aliphatic rings. The molecule has 1 atom stereocenters. The van der Waals surface area contributed by atoms with E-state index in [4.69, 9.17) is 9.47 Å². The number of esters is 1. The Hall–Kier alpha value is -3.35. The number of anilines is 1. The van der Waals surface area contributed by atoms with Crippen LogP contribution in [-0.2, 0) is 20.9 Å². The minimum absolute atomic E-state index is 0.0758. The fraction of sp³-hybridized carbons (Fsp3) is 0.318. The third-order valence-electron chi connectivity index (χ3n) is 4.23. The lowest BCUT2D eigenvalue weighted by atomic mass is 9.94. The molecule has 2 aromatic carbocycles. The van der Waals surface area contributed by atoms with Crippen molar-refractivity contribution in [2.75, 3.05) is 5.32 Å². The zero-order chi connectivity index (χ0) is 21.2. The second-order valence-electron chi connectivity index (χ2n) is 6.44. The highest BCUT2D eigenvalue weighted by molar-refractivity contribution is 5.88. The molecule has 0 radical (unpaired) electrons. The van der Waals surface area contributed by atoms with Gasteiger partial charge in [-0.25, -0.2) is 4.79 Å². The Labute approximate surface area is 169 Å². The zero-order valence-corrected chi connectivity index (χ0v) is 16.5. The molecule has 1 N–H and O–H groups in total. The number of carbonyl (C=O) groups excluding carboxylic acids is 3. The SMILES string of the molecule is CCCC(=O)Oc1ccc(NC(=O)OCc2ccccc2)c(C(CC)C(=O)[O-])c1. The second-order valence-corrected chi connectivity index (χ2v) is 6.44. The van der Waals surface area contributed by atoms with Crippen LogP contribution in [0.15, 0.2) is 48.5 Å². The first kappa shape index (κ1) is 21.9. The summed E-state index contributed by atoms with van der Waals surface area (Å²) in [5.41, 5.74) is 1.36. The van der Waals surface area contributed by atoms with Crippen LogP contribution in [0.25, 0.3) is 0 Å². The quantitative estimate of drug-likeness (QED) is 0.513. The molecule has 0 heterocycles. The minimum atomic E-state index is -1.29. The van der Waals surface area contributed by atoms with Gasteiger partial charge in [0.15, 0.2) is 0 Å². The van der Waals surface area contributed by atoms with E-state index in [1.165, 1.54) is 18.2 Å². The highest BCUT2D eigenvalue weighted by atomic mass is 16.5. The van der Waals surface area contributed by atoms with Gasteiger partial charge in [0.05, 0.1) is 0 Å². The smallest absolute Gasteiger partial charge is 0.411 e. The van der Waals surface area contributed by atoms with Crippen LogP contribution >= 0.6 is 0 Å². The summed E-state index contributed by atoms with van der Waals surface area (Å²) in [6.07, 6.45) is 0.398. The molecule has 0 spiro atoms. The highest BCUT2D eigenvalue weighted by Crippen LogP contribution is 2.31. The van der Waals surface area contributed by atoms with Crippen LogP contribution < -0.4 is 15.2 Å². The van der Waals surface area contributed by atoms with Gasteiger partial charge >= 0.3 is 12.1 Å². The maximum atomic E-state index is 12.2. The van der Waals surface area contributed by atoms with Gasteiger partial charge in [0.2, 0.25) is 0 Å². The molecule has 0 bridgehead atoms. The third kappa shape index (κ3) is 6.64. The van der Waals surface area contributed by atoms with Crippen molar-refractivity contribution in [2.45, 2.75) is 45.6 Å². The summed E-state index contributed by atoms with van der Waals surface area (Å²) in [5, 5.41) is 14.1. The molecule has 1 unspecified atom stereocenters. The van der Waals surface area contributed by atoms with Crippen LogP contribution in [0.2, 0.25) is 0 Å². The average molecular weight is 398 g/mol. The summed E-state index contributed by atoms with van der Waals surface area (Å²) in [7, 11) is 0. The molecular weight excluding hydrogens is 374 g/mol. The lowest BCUT2D eigenvalue weighted by Crippen LogP contribution is -2.30. The van der Waals surface area contributed by atoms with Crippen LogP contribution in [0.4, 0.5) is 10.5 Å². The molecule has 0 fully saturated rings. The van der Waals surface area contributed by atoms with Gasteiger partial charge in [-0.1, -0.05) is 44.2 Å². The number of benzene rings is 2. The Balaban J connectivity index is 2.18. The largest absolute Gasteiger partial charge is 0.549 e. The standard InChI is InChI=1S/C22H25NO6/c1-3-8-20(24)29-16-11-12-19(18(13-16)17(4-2)21(25)26)23-22(27)28-14-15-9-6-5-7-10-15/h5-7,9-13,17H,3-4,8,14H2,1-2H3,(H,23,27)(H,25,26)/p-1. The van der Waals surface area contributed by atoms with Crippen molar-refractivity contribution in [3.05, 3.63) is 59.7 Å². The van der Waals surface area contributed by atoms with Crippen molar-refractivity contribution in [1.29, 1.82) is 0 Å². The molecular formula is C22H24NO6-. The summed E-state index contributed by atoms with van der Waals surface area (Å²) in [6.45, 7) is 3.62. The van der Waals surface area contributed by atoms with Gasteiger partial charge in [-0.2, -0.15) is 0 Å². The maximum absolute atomic E-state index is 12.2. The van der Waals surface area contributed by atoms with Crippen LogP contribution in [0.5, 0.6) is 5.75 Å². The number of rotatable bonds is 9. The van der Waals surface area contributed by atoms with Crippen molar-refractivity contribution in [1.82, 2.24) is 0 Å². The van der Waals surface area contributed by atoms with Crippen molar-refractivity contribution >= 4 is 23.7 Å². The molecule has 1 amide bonds. The van der Waals surface area contributed by atoms with Gasteiger partial charge in [0.1, 0.15) is 12.4 Å². The van der Waals surface area contributed by atoms with Gasteiger partial charge in [-0.3, -0.25) is 10.1 Å². The maximum Gasteiger partial charge on any atom is 0.411 e. The van der Waals surface area contributed by atoms with Crippen LogP contribution in [-0.4, -0.2) is 18.0 Å². The lowest BCUT2D eigenvalue weighted by Gasteiger charge is -2.21. The summed E-state index contributed by atoms with van der Waals surface area (Å²) in [4.78, 5) is 35.5. The second kappa shape index (κ2) is 10.8. The fourth-order valence-corrected chi connectivity index (χ4v) is 2.78. The van der Waals surface area contributed by atoms with E-state index in [1.54, 1.807) is 6.92 Å². The predicted molar refractivity (Wildman–Crippen MR) is 105 cm³/mol. The van der Waals surface area contributed by atoms with Gasteiger partial charge in [-0.05, 0) is 42.2 Å². The number of carboxylic acid groups (broad SMARTS) is 1. The van der Waals surface area contributed by atoms with E-state index in [-0.39, 0.29) is 36.4 Å². The number of carbonyl (C=O) groups is 3. The van der Waals surface area contributed by atoms with Crippen molar-refractivity contribution in [3.63, 3.8) is 0 Å². The first-order valence-electron chi connectivity index (χ1n) is 9.47. The average Bonchev–Trinajstić information content (AvgIpc) is 2.69. The molecule has 7 heteroatoms. The molecule has 2 rings (SSSR count). The van der Waals surface area contributed by atoms with E-state index >= 15 is 0 Å². The van der Waals surface area contributed by atoms with E-state index in [0.717, 1.165) is 5.56 Å². The van der Waals surface area contributed by atoms with Crippen LogP contribution in [0, 0.1) is 0 Å². The van der Waals surface area contributed by atoms with E-state index in [2.05, 4.69) is 5.32 Å². The number of hydrogen-bond donors (Lipinski definition) is 1. The number of carboxylic acids is 1. The molecule has 29 heavy (non-hydrogen) atoms. The molecule has 154 valence electrons. The lowest BCUT2D eigenvalue weighted by molar-refractivity contribution is -0.308. The molecule has 0 aliphatic heterocycles.